The summed E-state index contributed by atoms with van der Waals surface area (Å²) < 4.78 is 0. The lowest BCUT2D eigenvalue weighted by Crippen LogP contribution is -2.31. The molecule has 0 fully saturated rings. The lowest BCUT2D eigenvalue weighted by atomic mass is 9.94. The number of hydrogen-bond acceptors (Lipinski definition) is 2. The molecular weight excluding hydrogens is 218 g/mol. The van der Waals surface area contributed by atoms with Crippen LogP contribution in [0.1, 0.15) is 33.1 Å². The highest BCUT2D eigenvalue weighted by Crippen LogP contribution is 2.17. The molecule has 1 rings (SSSR count). The number of carboxylic acids is 1. The first kappa shape index (κ1) is 13.5. The quantitative estimate of drug-likeness (QED) is 0.579. The average molecular weight is 237 g/mol. The Balaban J connectivity index is 2.47. The first-order chi connectivity index (χ1) is 8.02. The van der Waals surface area contributed by atoms with Gasteiger partial charge in [0.2, 0.25) is 5.91 Å². The topological polar surface area (TPSA) is 66.4 Å². The largest absolute Gasteiger partial charge is 0.478 e. The van der Waals surface area contributed by atoms with Crippen LogP contribution in [0.15, 0.2) is 23.3 Å². The summed E-state index contributed by atoms with van der Waals surface area (Å²) >= 11 is 0. The molecule has 4 heteroatoms. The molecule has 0 radical (unpaired) electrons. The summed E-state index contributed by atoms with van der Waals surface area (Å²) in [7, 11) is 0. The summed E-state index contributed by atoms with van der Waals surface area (Å²) in [5.74, 6) is -0.848. The third-order valence-electron chi connectivity index (χ3n) is 3.15. The number of carbonyl (C=O) groups excluding carboxylic acids is 1. The Morgan fingerprint density at radius 3 is 2.53 bits per heavy atom. The highest BCUT2D eigenvalue weighted by Gasteiger charge is 2.15. The summed E-state index contributed by atoms with van der Waals surface area (Å²) in [6.45, 7) is 3.60. The lowest BCUT2D eigenvalue weighted by Gasteiger charge is -2.18. The van der Waals surface area contributed by atoms with Crippen LogP contribution in [0.2, 0.25) is 0 Å². The molecular formula is C13H19NO3. The van der Waals surface area contributed by atoms with Gasteiger partial charge >= 0.3 is 5.97 Å². The molecule has 0 aromatic rings. The van der Waals surface area contributed by atoms with E-state index in [9.17, 15) is 9.59 Å². The van der Waals surface area contributed by atoms with Gasteiger partial charge in [0.1, 0.15) is 0 Å². The number of aliphatic carboxylic acids is 1. The minimum Gasteiger partial charge on any atom is -0.478 e. The van der Waals surface area contributed by atoms with E-state index in [1.807, 2.05) is 0 Å². The molecule has 17 heavy (non-hydrogen) atoms. The molecule has 0 aromatic carbocycles. The molecule has 1 aliphatic carbocycles. The average Bonchev–Trinajstić information content (AvgIpc) is 2.35. The van der Waals surface area contributed by atoms with E-state index in [1.165, 1.54) is 6.92 Å². The first-order valence-corrected chi connectivity index (χ1v) is 5.86. The highest BCUT2D eigenvalue weighted by atomic mass is 16.4. The van der Waals surface area contributed by atoms with E-state index in [2.05, 4.69) is 17.5 Å². The van der Waals surface area contributed by atoms with Crippen LogP contribution >= 0.6 is 0 Å². The molecule has 2 N–H and O–H groups in total. The predicted molar refractivity (Wildman–Crippen MR) is 65.5 cm³/mol. The van der Waals surface area contributed by atoms with Crippen molar-refractivity contribution in [2.45, 2.75) is 33.1 Å². The van der Waals surface area contributed by atoms with Crippen LogP contribution < -0.4 is 5.32 Å². The minimum absolute atomic E-state index is 0.103. The molecule has 1 atom stereocenters. The molecule has 0 aromatic heterocycles. The number of allylic oxidation sites excluding steroid dienone is 2. The second kappa shape index (κ2) is 6.23. The smallest absolute Gasteiger partial charge is 0.331 e. The van der Waals surface area contributed by atoms with Gasteiger partial charge in [-0.3, -0.25) is 4.79 Å². The fraction of sp³-hybridized carbons (Fsp3) is 0.538. The van der Waals surface area contributed by atoms with Crippen LogP contribution in [0, 0.1) is 5.92 Å². The fourth-order valence-corrected chi connectivity index (χ4v) is 1.74. The maximum Gasteiger partial charge on any atom is 0.331 e. The van der Waals surface area contributed by atoms with Crippen molar-refractivity contribution in [1.29, 1.82) is 0 Å². The monoisotopic (exact) mass is 237 g/mol. The van der Waals surface area contributed by atoms with Gasteiger partial charge in [-0.2, -0.15) is 0 Å². The van der Waals surface area contributed by atoms with Crippen molar-refractivity contribution >= 4 is 11.9 Å². The molecule has 0 spiro atoms. The van der Waals surface area contributed by atoms with Gasteiger partial charge in [-0.15, -0.1) is 0 Å². The van der Waals surface area contributed by atoms with Gasteiger partial charge in [-0.25, -0.2) is 4.79 Å². The number of amides is 1. The summed E-state index contributed by atoms with van der Waals surface area (Å²) in [5.41, 5.74) is 0.384. The van der Waals surface area contributed by atoms with Gasteiger partial charge in [0, 0.05) is 17.7 Å². The number of carbonyl (C=O) groups is 2. The van der Waals surface area contributed by atoms with Crippen molar-refractivity contribution in [3.63, 3.8) is 0 Å². The second-order valence-electron chi connectivity index (χ2n) is 4.42. The van der Waals surface area contributed by atoms with E-state index in [0.717, 1.165) is 19.3 Å². The maximum atomic E-state index is 11.7. The number of nitrogens with one attached hydrogen (secondary N) is 1. The standard InChI is InChI=1S/C13H19NO3/c1-9(10(2)13(16)17)12(15)14-8-11-6-4-3-5-7-11/h3-4,11H,5-8H2,1-2H3,(H,14,15)(H,16,17). The van der Waals surface area contributed by atoms with E-state index >= 15 is 0 Å². The van der Waals surface area contributed by atoms with E-state index in [-0.39, 0.29) is 17.1 Å². The SMILES string of the molecule is CC(C(=O)O)=C(C)C(=O)NCC1CC=CCC1. The lowest BCUT2D eigenvalue weighted by molar-refractivity contribution is -0.133. The number of carboxylic acid groups (broad SMARTS) is 1. The van der Waals surface area contributed by atoms with Gasteiger partial charge < -0.3 is 10.4 Å². The van der Waals surface area contributed by atoms with Crippen molar-refractivity contribution in [1.82, 2.24) is 5.32 Å². The molecule has 0 heterocycles. The molecule has 0 bridgehead atoms. The molecule has 4 nitrogen and oxygen atoms in total. The van der Waals surface area contributed by atoms with Crippen molar-refractivity contribution in [3.05, 3.63) is 23.3 Å². The summed E-state index contributed by atoms with van der Waals surface area (Å²) in [5, 5.41) is 11.6. The molecule has 0 aliphatic heterocycles. The second-order valence-corrected chi connectivity index (χ2v) is 4.42. The van der Waals surface area contributed by atoms with Crippen molar-refractivity contribution in [2.75, 3.05) is 6.54 Å². The first-order valence-electron chi connectivity index (χ1n) is 5.86. The van der Waals surface area contributed by atoms with Gasteiger partial charge in [0.15, 0.2) is 0 Å². The number of rotatable bonds is 4. The molecule has 94 valence electrons. The van der Waals surface area contributed by atoms with Gasteiger partial charge in [0.05, 0.1) is 0 Å². The van der Waals surface area contributed by atoms with Crippen molar-refractivity contribution in [2.24, 2.45) is 5.92 Å². The maximum absolute atomic E-state index is 11.7. The molecule has 0 saturated heterocycles. The van der Waals surface area contributed by atoms with Crippen molar-refractivity contribution < 1.29 is 14.7 Å². The normalized spacial score (nSPS) is 20.7. The van der Waals surface area contributed by atoms with Crippen molar-refractivity contribution in [3.8, 4) is 0 Å². The van der Waals surface area contributed by atoms with Gasteiger partial charge in [-0.1, -0.05) is 12.2 Å². The van der Waals surface area contributed by atoms with Crippen LogP contribution in [-0.4, -0.2) is 23.5 Å². The predicted octanol–water partition coefficient (Wildman–Crippen LogP) is 1.88. The van der Waals surface area contributed by atoms with Crippen LogP contribution in [0.3, 0.4) is 0 Å². The zero-order chi connectivity index (χ0) is 12.8. The molecule has 1 aliphatic rings. The summed E-state index contributed by atoms with van der Waals surface area (Å²) in [6, 6.07) is 0. The van der Waals surface area contributed by atoms with Crippen LogP contribution in [0.5, 0.6) is 0 Å². The fourth-order valence-electron chi connectivity index (χ4n) is 1.74. The third-order valence-corrected chi connectivity index (χ3v) is 3.15. The number of hydrogen-bond donors (Lipinski definition) is 2. The Hall–Kier alpha value is -1.58. The third kappa shape index (κ3) is 4.06. The Morgan fingerprint density at radius 1 is 1.29 bits per heavy atom. The van der Waals surface area contributed by atoms with Crippen LogP contribution in [-0.2, 0) is 9.59 Å². The van der Waals surface area contributed by atoms with E-state index in [1.54, 1.807) is 6.92 Å². The van der Waals surface area contributed by atoms with Gasteiger partial charge in [0.25, 0.3) is 0 Å². The molecule has 1 unspecified atom stereocenters. The molecule has 1 amide bonds. The highest BCUT2D eigenvalue weighted by molar-refractivity contribution is 6.01. The van der Waals surface area contributed by atoms with Crippen LogP contribution in [0.25, 0.3) is 0 Å². The van der Waals surface area contributed by atoms with E-state index < -0.39 is 5.97 Å². The summed E-state index contributed by atoms with van der Waals surface area (Å²) in [6.07, 6.45) is 7.41. The zero-order valence-corrected chi connectivity index (χ0v) is 10.3. The van der Waals surface area contributed by atoms with Gasteiger partial charge in [-0.05, 0) is 39.0 Å². The van der Waals surface area contributed by atoms with E-state index in [0.29, 0.717) is 12.5 Å². The summed E-state index contributed by atoms with van der Waals surface area (Å²) in [4.78, 5) is 22.4. The Labute approximate surface area is 101 Å². The molecule has 0 saturated carbocycles. The minimum atomic E-state index is -1.04. The van der Waals surface area contributed by atoms with E-state index in [4.69, 9.17) is 5.11 Å². The Morgan fingerprint density at radius 2 is 2.00 bits per heavy atom. The Kier molecular flexibility index (Phi) is 4.94. The van der Waals surface area contributed by atoms with Crippen LogP contribution in [0.4, 0.5) is 0 Å². The zero-order valence-electron chi connectivity index (χ0n) is 10.3. The Bertz CT molecular complexity index is 369.